The summed E-state index contributed by atoms with van der Waals surface area (Å²) in [5, 5.41) is 10.5. The number of aryl methyl sites for hydroxylation is 2. The van der Waals surface area contributed by atoms with Crippen LogP contribution in [0.4, 0.5) is 5.95 Å². The molecule has 1 heterocycles. The summed E-state index contributed by atoms with van der Waals surface area (Å²) < 4.78 is 9.86. The van der Waals surface area contributed by atoms with Gasteiger partial charge in [0.25, 0.3) is 0 Å². The Balaban J connectivity index is 1.73. The van der Waals surface area contributed by atoms with E-state index in [0.29, 0.717) is 12.5 Å². The maximum Gasteiger partial charge on any atom is 0.356 e. The van der Waals surface area contributed by atoms with Gasteiger partial charge in [-0.05, 0) is 37.6 Å². The minimum atomic E-state index is -0.645. The number of anilines is 1. The molecule has 0 bridgehead atoms. The zero-order valence-electron chi connectivity index (χ0n) is 16.3. The Morgan fingerprint density at radius 3 is 2.59 bits per heavy atom. The summed E-state index contributed by atoms with van der Waals surface area (Å²) >= 11 is 0. The van der Waals surface area contributed by atoms with E-state index >= 15 is 0 Å². The highest BCUT2D eigenvalue weighted by Crippen LogP contribution is 2.18. The lowest BCUT2D eigenvalue weighted by Gasteiger charge is -2.12. The molecule has 0 fully saturated rings. The summed E-state index contributed by atoms with van der Waals surface area (Å²) in [5.41, 5.74) is 9.78. The molecule has 0 spiro atoms. The van der Waals surface area contributed by atoms with Crippen LogP contribution in [0.5, 0.6) is 5.75 Å². The predicted molar refractivity (Wildman–Crippen MR) is 109 cm³/mol. The van der Waals surface area contributed by atoms with Crippen LogP contribution in [0.15, 0.2) is 48.5 Å². The summed E-state index contributed by atoms with van der Waals surface area (Å²) in [4.78, 5) is 0. The largest absolute Gasteiger partial charge is 0.491 e. The molecule has 3 N–H and O–H groups in total. The van der Waals surface area contributed by atoms with Crippen LogP contribution in [-0.4, -0.2) is 22.4 Å². The summed E-state index contributed by atoms with van der Waals surface area (Å²) in [7, 11) is 0. The first-order valence-electron chi connectivity index (χ1n) is 9.74. The minimum absolute atomic E-state index is 0.227. The van der Waals surface area contributed by atoms with Gasteiger partial charge >= 0.3 is 5.95 Å². The Bertz CT molecular complexity index is 871. The van der Waals surface area contributed by atoms with E-state index in [4.69, 9.17) is 10.5 Å². The van der Waals surface area contributed by atoms with E-state index in [1.54, 1.807) is 0 Å². The number of para-hydroxylation sites is 2. The molecule has 0 aliphatic rings. The predicted octanol–water partition coefficient (Wildman–Crippen LogP) is 3.45. The van der Waals surface area contributed by atoms with Gasteiger partial charge < -0.3 is 9.84 Å². The first-order chi connectivity index (χ1) is 13.1. The second-order valence-electron chi connectivity index (χ2n) is 7.09. The first-order valence-corrected chi connectivity index (χ1v) is 9.74. The molecule has 0 unspecified atom stereocenters. The average molecular weight is 369 g/mol. The van der Waals surface area contributed by atoms with Gasteiger partial charge in [-0.1, -0.05) is 49.6 Å². The van der Waals surface area contributed by atoms with Gasteiger partial charge in [0, 0.05) is 0 Å². The fourth-order valence-corrected chi connectivity index (χ4v) is 3.35. The number of hydrogen-bond acceptors (Lipinski definition) is 3. The number of nitrogen functional groups attached to an aromatic ring is 1. The number of ether oxygens (including phenoxy) is 1. The van der Waals surface area contributed by atoms with Gasteiger partial charge in [0.2, 0.25) is 0 Å². The van der Waals surface area contributed by atoms with Crippen molar-refractivity contribution in [1.82, 2.24) is 4.57 Å². The number of aliphatic hydroxyl groups excluding tert-OH is 1. The molecule has 5 heteroatoms. The summed E-state index contributed by atoms with van der Waals surface area (Å²) in [6.07, 6.45) is 2.81. The van der Waals surface area contributed by atoms with E-state index in [1.807, 2.05) is 47.9 Å². The molecule has 1 aromatic heterocycles. The van der Waals surface area contributed by atoms with Crippen molar-refractivity contribution in [2.24, 2.45) is 0 Å². The summed E-state index contributed by atoms with van der Waals surface area (Å²) in [6, 6.07) is 16.0. The van der Waals surface area contributed by atoms with E-state index in [9.17, 15) is 5.11 Å². The summed E-state index contributed by atoms with van der Waals surface area (Å²) in [6.45, 7) is 5.75. The summed E-state index contributed by atoms with van der Waals surface area (Å²) in [5.74, 6) is 1.45. The van der Waals surface area contributed by atoms with Crippen LogP contribution < -0.4 is 15.0 Å². The molecule has 5 nitrogen and oxygen atoms in total. The van der Waals surface area contributed by atoms with Crippen molar-refractivity contribution in [3.05, 3.63) is 54.1 Å². The third-order valence-corrected chi connectivity index (χ3v) is 4.86. The van der Waals surface area contributed by atoms with Crippen molar-refractivity contribution in [3.8, 4) is 5.75 Å². The molecule has 0 aliphatic carbocycles. The molecule has 1 atom stereocenters. The number of unbranched alkanes of at least 4 members (excludes halogenated alkanes) is 2. The van der Waals surface area contributed by atoms with Gasteiger partial charge in [0.1, 0.15) is 36.0 Å². The molecule has 0 radical (unpaired) electrons. The maximum absolute atomic E-state index is 10.5. The fraction of sp³-hybridized carbons (Fsp3) is 0.409. The van der Waals surface area contributed by atoms with Gasteiger partial charge in [-0.15, -0.1) is 0 Å². The fourth-order valence-electron chi connectivity index (χ4n) is 3.35. The molecule has 0 amide bonds. The number of nitrogens with zero attached hydrogens (tertiary/aromatic N) is 2. The lowest BCUT2D eigenvalue weighted by molar-refractivity contribution is -0.665. The minimum Gasteiger partial charge on any atom is -0.491 e. The number of imidazole rings is 1. The topological polar surface area (TPSA) is 64.3 Å². The van der Waals surface area contributed by atoms with E-state index in [1.165, 1.54) is 18.4 Å². The van der Waals surface area contributed by atoms with E-state index in [0.717, 1.165) is 29.7 Å². The van der Waals surface area contributed by atoms with E-state index < -0.39 is 6.10 Å². The molecule has 144 valence electrons. The van der Waals surface area contributed by atoms with Crippen LogP contribution in [0.3, 0.4) is 0 Å². The van der Waals surface area contributed by atoms with Crippen LogP contribution in [0.25, 0.3) is 11.0 Å². The maximum atomic E-state index is 10.5. The highest BCUT2D eigenvalue weighted by atomic mass is 16.5. The van der Waals surface area contributed by atoms with E-state index in [-0.39, 0.29) is 6.61 Å². The third-order valence-electron chi connectivity index (χ3n) is 4.86. The molecule has 0 aliphatic heterocycles. The SMILES string of the molecule is CCCCCn1c(N)[n+](C[C@@H](O)COc2ccc(C)cc2)c2ccccc21. The molecule has 3 rings (SSSR count). The molecule has 3 aromatic rings. The molecule has 0 saturated heterocycles. The third kappa shape index (κ3) is 4.61. The highest BCUT2D eigenvalue weighted by Gasteiger charge is 2.22. The zero-order valence-corrected chi connectivity index (χ0v) is 16.3. The zero-order chi connectivity index (χ0) is 19.2. The number of nitrogens with two attached hydrogens (primary N) is 1. The lowest BCUT2D eigenvalue weighted by atomic mass is 10.2. The Morgan fingerprint density at radius 1 is 1.11 bits per heavy atom. The van der Waals surface area contributed by atoms with Crippen LogP contribution in [0.2, 0.25) is 0 Å². The number of benzene rings is 2. The van der Waals surface area contributed by atoms with Crippen LogP contribution in [0.1, 0.15) is 31.7 Å². The molecule has 2 aromatic carbocycles. The monoisotopic (exact) mass is 368 g/mol. The Hall–Kier alpha value is -2.53. The van der Waals surface area contributed by atoms with Gasteiger partial charge in [-0.3, -0.25) is 5.73 Å². The Kier molecular flexibility index (Phi) is 6.35. The average Bonchev–Trinajstić information content (AvgIpc) is 2.94. The van der Waals surface area contributed by atoms with E-state index in [2.05, 4.69) is 23.6 Å². The van der Waals surface area contributed by atoms with Gasteiger partial charge in [-0.2, -0.15) is 0 Å². The second-order valence-corrected chi connectivity index (χ2v) is 7.09. The Morgan fingerprint density at radius 2 is 1.85 bits per heavy atom. The number of hydrogen-bond donors (Lipinski definition) is 2. The van der Waals surface area contributed by atoms with Crippen molar-refractivity contribution in [2.45, 2.75) is 52.3 Å². The second kappa shape index (κ2) is 8.91. The van der Waals surface area contributed by atoms with Crippen LogP contribution in [0, 0.1) is 6.92 Å². The van der Waals surface area contributed by atoms with Gasteiger partial charge in [0.05, 0.1) is 6.54 Å². The number of rotatable bonds is 9. The number of fused-ring (bicyclic) bond motifs is 1. The Labute approximate surface area is 161 Å². The normalized spacial score (nSPS) is 12.4. The van der Waals surface area contributed by atoms with Gasteiger partial charge in [0.15, 0.2) is 0 Å². The van der Waals surface area contributed by atoms with Crippen LogP contribution in [-0.2, 0) is 13.1 Å². The van der Waals surface area contributed by atoms with Crippen molar-refractivity contribution in [1.29, 1.82) is 0 Å². The van der Waals surface area contributed by atoms with Crippen molar-refractivity contribution in [3.63, 3.8) is 0 Å². The molecule has 27 heavy (non-hydrogen) atoms. The quantitative estimate of drug-likeness (QED) is 0.449. The van der Waals surface area contributed by atoms with Gasteiger partial charge in [-0.25, -0.2) is 9.13 Å². The molecular weight excluding hydrogens is 338 g/mol. The van der Waals surface area contributed by atoms with Crippen LogP contribution >= 0.6 is 0 Å². The smallest absolute Gasteiger partial charge is 0.356 e. The number of aliphatic hydroxyl groups is 1. The standard InChI is InChI=1S/C22H29N3O2/c1-3-4-7-14-24-20-8-5-6-9-21(20)25(22(24)23)15-18(26)16-27-19-12-10-17(2)11-13-19/h5-6,8-13,18,23,26H,3-4,7,14-16H2,1-2H3/p+1/t18-/m1/s1. The van der Waals surface area contributed by atoms with Crippen molar-refractivity contribution < 1.29 is 14.4 Å². The molecular formula is C22H30N3O2+. The molecule has 0 saturated carbocycles. The first kappa shape index (κ1) is 19.2. The van der Waals surface area contributed by atoms with Crippen molar-refractivity contribution in [2.75, 3.05) is 12.3 Å². The highest BCUT2D eigenvalue weighted by molar-refractivity contribution is 5.73. The lowest BCUT2D eigenvalue weighted by Crippen LogP contribution is -2.43. The number of aromatic nitrogens is 2. The van der Waals surface area contributed by atoms with Crippen molar-refractivity contribution >= 4 is 17.0 Å².